The lowest BCUT2D eigenvalue weighted by atomic mass is 9.97. The van der Waals surface area contributed by atoms with Crippen molar-refractivity contribution in [3.05, 3.63) is 39.7 Å². The van der Waals surface area contributed by atoms with Gasteiger partial charge in [0.05, 0.1) is 5.56 Å². The minimum absolute atomic E-state index is 0.222. The van der Waals surface area contributed by atoms with Crippen LogP contribution in [0.15, 0.2) is 27.4 Å². The van der Waals surface area contributed by atoms with E-state index in [1.165, 1.54) is 19.3 Å². The molecule has 3 rings (SSSR count). The zero-order valence-corrected chi connectivity index (χ0v) is 14.7. The van der Waals surface area contributed by atoms with E-state index in [0.29, 0.717) is 18.2 Å². The first-order chi connectivity index (χ1) is 11.6. The van der Waals surface area contributed by atoms with Crippen molar-refractivity contribution in [1.29, 1.82) is 0 Å². The molecule has 0 saturated carbocycles. The van der Waals surface area contributed by atoms with Crippen molar-refractivity contribution in [3.63, 3.8) is 0 Å². The summed E-state index contributed by atoms with van der Waals surface area (Å²) >= 11 is 0. The topological polar surface area (TPSA) is 53.7 Å². The van der Waals surface area contributed by atoms with Gasteiger partial charge in [-0.3, -0.25) is 4.90 Å². The lowest BCUT2D eigenvalue weighted by molar-refractivity contribution is 0.135. The molecule has 1 saturated heterocycles. The fourth-order valence-electron chi connectivity index (χ4n) is 3.90. The molecule has 0 unspecified atom stereocenters. The SMILES string of the molecule is CCCc1cc(=O)oc2c(CN3CCCC[C@H]3CC)c(O)ccc12. The predicted octanol–water partition coefficient (Wildman–Crippen LogP) is 4.22. The zero-order valence-electron chi connectivity index (χ0n) is 14.7. The van der Waals surface area contributed by atoms with Gasteiger partial charge in [-0.15, -0.1) is 0 Å². The van der Waals surface area contributed by atoms with Crippen LogP contribution in [0.5, 0.6) is 5.75 Å². The molecule has 1 aliphatic rings. The Bertz CT molecular complexity index is 765. The maximum absolute atomic E-state index is 12.0. The van der Waals surface area contributed by atoms with E-state index in [-0.39, 0.29) is 11.4 Å². The molecule has 0 radical (unpaired) electrons. The highest BCUT2D eigenvalue weighted by Gasteiger charge is 2.23. The van der Waals surface area contributed by atoms with Crippen molar-refractivity contribution in [3.8, 4) is 5.75 Å². The molecule has 0 amide bonds. The highest BCUT2D eigenvalue weighted by Crippen LogP contribution is 2.32. The van der Waals surface area contributed by atoms with Gasteiger partial charge in [-0.05, 0) is 49.9 Å². The molecular weight excluding hydrogens is 302 g/mol. The highest BCUT2D eigenvalue weighted by atomic mass is 16.4. The van der Waals surface area contributed by atoms with Gasteiger partial charge in [0.2, 0.25) is 0 Å². The van der Waals surface area contributed by atoms with Gasteiger partial charge in [0.1, 0.15) is 11.3 Å². The summed E-state index contributed by atoms with van der Waals surface area (Å²) in [7, 11) is 0. The molecule has 130 valence electrons. The van der Waals surface area contributed by atoms with E-state index in [2.05, 4.69) is 18.7 Å². The Labute approximate surface area is 143 Å². The van der Waals surface area contributed by atoms with E-state index >= 15 is 0 Å². The number of hydrogen-bond acceptors (Lipinski definition) is 4. The largest absolute Gasteiger partial charge is 0.507 e. The van der Waals surface area contributed by atoms with Crippen LogP contribution in [0.2, 0.25) is 0 Å². The summed E-state index contributed by atoms with van der Waals surface area (Å²) < 4.78 is 5.53. The fourth-order valence-corrected chi connectivity index (χ4v) is 3.90. The molecule has 1 aliphatic heterocycles. The summed E-state index contributed by atoms with van der Waals surface area (Å²) in [5.41, 5.74) is 1.99. The number of fused-ring (bicyclic) bond motifs is 1. The molecule has 1 fully saturated rings. The average molecular weight is 329 g/mol. The number of aryl methyl sites for hydroxylation is 1. The Balaban J connectivity index is 2.06. The van der Waals surface area contributed by atoms with Gasteiger partial charge in [-0.2, -0.15) is 0 Å². The molecule has 0 aliphatic carbocycles. The van der Waals surface area contributed by atoms with Crippen LogP contribution in [0.3, 0.4) is 0 Å². The number of phenolic OH excluding ortho intramolecular Hbond substituents is 1. The molecule has 0 spiro atoms. The molecule has 24 heavy (non-hydrogen) atoms. The number of benzene rings is 1. The van der Waals surface area contributed by atoms with E-state index in [4.69, 9.17) is 4.42 Å². The van der Waals surface area contributed by atoms with Gasteiger partial charge in [0.15, 0.2) is 0 Å². The number of nitrogens with zero attached hydrogens (tertiary/aromatic N) is 1. The second-order valence-electron chi connectivity index (χ2n) is 6.81. The zero-order chi connectivity index (χ0) is 17.1. The maximum atomic E-state index is 12.0. The molecule has 1 aromatic carbocycles. The highest BCUT2D eigenvalue weighted by molar-refractivity contribution is 5.85. The second kappa shape index (κ2) is 7.39. The predicted molar refractivity (Wildman–Crippen MR) is 96.5 cm³/mol. The van der Waals surface area contributed by atoms with Crippen molar-refractivity contribution < 1.29 is 9.52 Å². The third-order valence-electron chi connectivity index (χ3n) is 5.18. The van der Waals surface area contributed by atoms with Gasteiger partial charge < -0.3 is 9.52 Å². The van der Waals surface area contributed by atoms with Crippen molar-refractivity contribution >= 4 is 11.0 Å². The third kappa shape index (κ3) is 3.34. The second-order valence-corrected chi connectivity index (χ2v) is 6.81. The Morgan fingerprint density at radius 3 is 2.88 bits per heavy atom. The first-order valence-electron chi connectivity index (χ1n) is 9.15. The summed E-state index contributed by atoms with van der Waals surface area (Å²) in [4.78, 5) is 14.4. The Hall–Kier alpha value is -1.81. The van der Waals surface area contributed by atoms with Crippen LogP contribution < -0.4 is 5.63 Å². The first kappa shape index (κ1) is 17.0. The quantitative estimate of drug-likeness (QED) is 0.835. The first-order valence-corrected chi connectivity index (χ1v) is 9.15. The van der Waals surface area contributed by atoms with Crippen LogP contribution in [0, 0.1) is 0 Å². The summed E-state index contributed by atoms with van der Waals surface area (Å²) in [5, 5.41) is 11.4. The van der Waals surface area contributed by atoms with Crippen LogP contribution in [0.4, 0.5) is 0 Å². The molecule has 2 heterocycles. The lowest BCUT2D eigenvalue weighted by Gasteiger charge is -2.35. The molecule has 1 atom stereocenters. The smallest absolute Gasteiger partial charge is 0.336 e. The van der Waals surface area contributed by atoms with Crippen LogP contribution in [0.25, 0.3) is 11.0 Å². The number of piperidine rings is 1. The number of likely N-dealkylation sites (tertiary alicyclic amines) is 1. The summed E-state index contributed by atoms with van der Waals surface area (Å²) in [6, 6.07) is 5.73. The number of phenols is 1. The normalized spacial score (nSPS) is 19.0. The standard InChI is InChI=1S/C20H27NO3/c1-3-7-14-12-19(23)24-20-16(14)9-10-18(22)17(20)13-21-11-6-5-8-15(21)4-2/h9-10,12,15,22H,3-8,11,13H2,1-2H3/t15-/m1/s1. The molecule has 0 bridgehead atoms. The minimum atomic E-state index is -0.330. The molecule has 1 N–H and O–H groups in total. The van der Waals surface area contributed by atoms with Crippen molar-refractivity contribution in [2.24, 2.45) is 0 Å². The van der Waals surface area contributed by atoms with Gasteiger partial charge in [-0.25, -0.2) is 4.79 Å². The molecule has 1 aromatic heterocycles. The minimum Gasteiger partial charge on any atom is -0.507 e. The van der Waals surface area contributed by atoms with E-state index < -0.39 is 0 Å². The molecule has 4 heteroatoms. The number of aromatic hydroxyl groups is 1. The summed E-state index contributed by atoms with van der Waals surface area (Å²) in [6.07, 6.45) is 6.58. The summed E-state index contributed by atoms with van der Waals surface area (Å²) in [5.74, 6) is 0.222. The van der Waals surface area contributed by atoms with E-state index in [0.717, 1.165) is 42.3 Å². The molecule has 2 aromatic rings. The van der Waals surface area contributed by atoms with Crippen LogP contribution in [0.1, 0.15) is 57.1 Å². The van der Waals surface area contributed by atoms with E-state index in [9.17, 15) is 9.90 Å². The Kier molecular flexibility index (Phi) is 5.24. The third-order valence-corrected chi connectivity index (χ3v) is 5.18. The lowest BCUT2D eigenvalue weighted by Crippen LogP contribution is -2.38. The van der Waals surface area contributed by atoms with Gasteiger partial charge in [-0.1, -0.05) is 26.7 Å². The van der Waals surface area contributed by atoms with Crippen LogP contribution in [-0.2, 0) is 13.0 Å². The Morgan fingerprint density at radius 1 is 1.29 bits per heavy atom. The summed E-state index contributed by atoms with van der Waals surface area (Å²) in [6.45, 7) is 5.99. The maximum Gasteiger partial charge on any atom is 0.336 e. The Morgan fingerprint density at radius 2 is 2.12 bits per heavy atom. The number of rotatable bonds is 5. The van der Waals surface area contributed by atoms with Crippen molar-refractivity contribution in [2.45, 2.75) is 65.0 Å². The average Bonchev–Trinajstić information content (AvgIpc) is 2.58. The van der Waals surface area contributed by atoms with Crippen molar-refractivity contribution in [2.75, 3.05) is 6.54 Å². The van der Waals surface area contributed by atoms with Gasteiger partial charge in [0, 0.05) is 24.0 Å². The van der Waals surface area contributed by atoms with E-state index in [1.54, 1.807) is 12.1 Å². The van der Waals surface area contributed by atoms with Gasteiger partial charge in [0.25, 0.3) is 0 Å². The van der Waals surface area contributed by atoms with Crippen molar-refractivity contribution in [1.82, 2.24) is 4.90 Å². The van der Waals surface area contributed by atoms with E-state index in [1.807, 2.05) is 6.07 Å². The van der Waals surface area contributed by atoms with Crippen LogP contribution in [-0.4, -0.2) is 22.6 Å². The van der Waals surface area contributed by atoms with Gasteiger partial charge >= 0.3 is 5.63 Å². The monoisotopic (exact) mass is 329 g/mol. The molecular formula is C20H27NO3. The number of hydrogen-bond donors (Lipinski definition) is 1. The molecule has 4 nitrogen and oxygen atoms in total. The van der Waals surface area contributed by atoms with Crippen LogP contribution >= 0.6 is 0 Å². The fraction of sp³-hybridized carbons (Fsp3) is 0.550.